The zero-order valence-corrected chi connectivity index (χ0v) is 23.7. The lowest BCUT2D eigenvalue weighted by Gasteiger charge is -2.11. The van der Waals surface area contributed by atoms with E-state index in [1.165, 1.54) is 0 Å². The van der Waals surface area contributed by atoms with Crippen LogP contribution in [0, 0.1) is 0 Å². The van der Waals surface area contributed by atoms with Crippen LogP contribution < -0.4 is 0 Å². The third-order valence-electron chi connectivity index (χ3n) is 7.35. The van der Waals surface area contributed by atoms with Gasteiger partial charge in [0.2, 0.25) is 23.6 Å². The molecule has 0 fully saturated rings. The van der Waals surface area contributed by atoms with Crippen molar-refractivity contribution in [3.05, 3.63) is 140 Å². The Morgan fingerprint density at radius 2 is 0.622 bits per heavy atom. The zero-order valence-electron chi connectivity index (χ0n) is 23.7. The van der Waals surface area contributed by atoms with Crippen molar-refractivity contribution >= 4 is 0 Å². The Morgan fingerprint density at radius 3 is 1.04 bits per heavy atom. The average molecular weight is 586 g/mol. The smallest absolute Gasteiger partial charge is 0.248 e. The number of hydrogen-bond acceptors (Lipinski definition) is 8. The number of nitrogens with zero attached hydrogens (tertiary/aromatic N) is 7. The fourth-order valence-corrected chi connectivity index (χ4v) is 5.08. The van der Waals surface area contributed by atoms with Gasteiger partial charge >= 0.3 is 0 Å². The van der Waals surface area contributed by atoms with Crippen molar-refractivity contribution < 1.29 is 8.83 Å². The molecule has 0 radical (unpaired) electrons. The molecule has 0 unspecified atom stereocenters. The summed E-state index contributed by atoms with van der Waals surface area (Å²) in [5.41, 5.74) is 6.07. The van der Waals surface area contributed by atoms with Gasteiger partial charge in [0.15, 0.2) is 11.6 Å². The van der Waals surface area contributed by atoms with E-state index in [1.807, 2.05) is 144 Å². The first-order valence-corrected chi connectivity index (χ1v) is 14.3. The molecule has 3 heterocycles. The van der Waals surface area contributed by atoms with Gasteiger partial charge in [-0.15, -0.1) is 30.6 Å². The van der Waals surface area contributed by atoms with Crippen molar-refractivity contribution in [1.82, 2.24) is 35.2 Å². The maximum absolute atomic E-state index is 5.98. The van der Waals surface area contributed by atoms with Crippen molar-refractivity contribution in [2.24, 2.45) is 0 Å². The summed E-state index contributed by atoms with van der Waals surface area (Å²) >= 11 is 0. The summed E-state index contributed by atoms with van der Waals surface area (Å²) in [6, 6.07) is 45.2. The summed E-state index contributed by atoms with van der Waals surface area (Å²) in [4.78, 5) is 0. The van der Waals surface area contributed by atoms with Crippen molar-refractivity contribution in [2.45, 2.75) is 0 Å². The molecular weight excluding hydrogens is 562 g/mol. The summed E-state index contributed by atoms with van der Waals surface area (Å²) in [6.07, 6.45) is 0. The third-order valence-corrected chi connectivity index (χ3v) is 7.35. The highest BCUT2D eigenvalue weighted by Crippen LogP contribution is 2.32. The Balaban J connectivity index is 1.13. The largest absolute Gasteiger partial charge is 0.416 e. The van der Waals surface area contributed by atoms with E-state index in [1.54, 1.807) is 0 Å². The van der Waals surface area contributed by atoms with Crippen LogP contribution in [0.2, 0.25) is 0 Å². The second-order valence-electron chi connectivity index (χ2n) is 10.2. The molecule has 0 aliphatic carbocycles. The van der Waals surface area contributed by atoms with Crippen molar-refractivity contribution in [3.8, 4) is 74.3 Å². The first kappa shape index (κ1) is 26.2. The van der Waals surface area contributed by atoms with E-state index in [9.17, 15) is 0 Å². The highest BCUT2D eigenvalue weighted by molar-refractivity contribution is 5.70. The molecule has 0 aliphatic rings. The van der Waals surface area contributed by atoms with Crippen LogP contribution in [-0.4, -0.2) is 35.2 Å². The SMILES string of the molecule is c1ccc(-c2nnc(-c3ccc(-c4nnc(-c5ccccc5)n4-c4ccc(-c5nnc(-c6ccccc6)o5)cc4)cc3)o2)cc1. The Morgan fingerprint density at radius 1 is 0.311 bits per heavy atom. The van der Waals surface area contributed by atoms with E-state index in [2.05, 4.69) is 30.6 Å². The van der Waals surface area contributed by atoms with Crippen LogP contribution in [0.1, 0.15) is 0 Å². The summed E-state index contributed by atoms with van der Waals surface area (Å²) < 4.78 is 14.0. The van der Waals surface area contributed by atoms with E-state index in [0.717, 1.165) is 44.9 Å². The second-order valence-corrected chi connectivity index (χ2v) is 10.2. The molecule has 0 N–H and O–H groups in total. The molecular formula is C36H23N7O2. The molecule has 0 amide bonds. The van der Waals surface area contributed by atoms with Gasteiger partial charge in [-0.25, -0.2) is 0 Å². The van der Waals surface area contributed by atoms with E-state index >= 15 is 0 Å². The Bertz CT molecular complexity index is 2190. The van der Waals surface area contributed by atoms with Crippen LogP contribution in [0.25, 0.3) is 74.3 Å². The van der Waals surface area contributed by atoms with Gasteiger partial charge in [0.25, 0.3) is 0 Å². The molecule has 9 nitrogen and oxygen atoms in total. The first-order valence-electron chi connectivity index (χ1n) is 14.3. The van der Waals surface area contributed by atoms with Crippen LogP contribution in [-0.2, 0) is 0 Å². The van der Waals surface area contributed by atoms with Gasteiger partial charge in [0.1, 0.15) is 0 Å². The molecule has 8 aromatic rings. The van der Waals surface area contributed by atoms with Gasteiger partial charge in [0, 0.05) is 39.1 Å². The van der Waals surface area contributed by atoms with Crippen molar-refractivity contribution in [2.75, 3.05) is 0 Å². The second kappa shape index (κ2) is 11.3. The molecule has 214 valence electrons. The molecule has 0 atom stereocenters. The summed E-state index contributed by atoms with van der Waals surface area (Å²) in [6.45, 7) is 0. The predicted octanol–water partition coefficient (Wildman–Crippen LogP) is 8.04. The van der Waals surface area contributed by atoms with E-state index in [-0.39, 0.29) is 0 Å². The summed E-state index contributed by atoms with van der Waals surface area (Å²) in [5.74, 6) is 3.24. The number of benzene rings is 5. The fourth-order valence-electron chi connectivity index (χ4n) is 5.08. The predicted molar refractivity (Wildman–Crippen MR) is 170 cm³/mol. The lowest BCUT2D eigenvalue weighted by molar-refractivity contribution is 0.584. The zero-order chi connectivity index (χ0) is 30.0. The molecule has 0 saturated heterocycles. The van der Waals surface area contributed by atoms with Crippen molar-refractivity contribution in [1.29, 1.82) is 0 Å². The van der Waals surface area contributed by atoms with Crippen LogP contribution in [0.15, 0.2) is 148 Å². The van der Waals surface area contributed by atoms with Gasteiger partial charge in [-0.3, -0.25) is 4.57 Å². The van der Waals surface area contributed by atoms with Crippen LogP contribution in [0.5, 0.6) is 0 Å². The van der Waals surface area contributed by atoms with E-state index in [4.69, 9.17) is 8.83 Å². The Kier molecular flexibility index (Phi) is 6.58. The standard InChI is InChI=1S/C36H23N7O2/c1-4-10-24(11-5-1)31-37-38-32(25-16-18-28(19-17-25)35-41-39-33(44-35)26-12-6-2-7-13-26)43(31)30-22-20-29(21-23-30)36-42-40-34(45-36)27-14-8-3-9-15-27/h1-23H. The van der Waals surface area contributed by atoms with E-state index < -0.39 is 0 Å². The fraction of sp³-hybridized carbons (Fsp3) is 0. The minimum absolute atomic E-state index is 0.443. The minimum atomic E-state index is 0.443. The van der Waals surface area contributed by atoms with Crippen LogP contribution in [0.4, 0.5) is 0 Å². The van der Waals surface area contributed by atoms with E-state index in [0.29, 0.717) is 29.4 Å². The maximum atomic E-state index is 5.98. The molecule has 45 heavy (non-hydrogen) atoms. The molecule has 0 aliphatic heterocycles. The molecule has 0 saturated carbocycles. The number of rotatable bonds is 7. The topological polar surface area (TPSA) is 109 Å². The molecule has 0 bridgehead atoms. The molecule has 9 heteroatoms. The third kappa shape index (κ3) is 5.08. The molecule has 0 spiro atoms. The van der Waals surface area contributed by atoms with Gasteiger partial charge in [-0.1, -0.05) is 78.9 Å². The first-order chi connectivity index (χ1) is 22.3. The van der Waals surface area contributed by atoms with Gasteiger partial charge in [-0.2, -0.15) is 0 Å². The molecule has 5 aromatic carbocycles. The quantitative estimate of drug-likeness (QED) is 0.185. The summed E-state index contributed by atoms with van der Waals surface area (Å²) in [7, 11) is 0. The average Bonchev–Trinajstić information content (AvgIpc) is 3.90. The monoisotopic (exact) mass is 585 g/mol. The number of hydrogen-bond donors (Lipinski definition) is 0. The summed E-state index contributed by atoms with van der Waals surface area (Å²) in [5, 5.41) is 26.2. The van der Waals surface area contributed by atoms with Gasteiger partial charge < -0.3 is 8.83 Å². The van der Waals surface area contributed by atoms with Crippen molar-refractivity contribution in [3.63, 3.8) is 0 Å². The van der Waals surface area contributed by atoms with Crippen LogP contribution >= 0.6 is 0 Å². The van der Waals surface area contributed by atoms with Crippen LogP contribution in [0.3, 0.4) is 0 Å². The molecule has 8 rings (SSSR count). The Labute approximate surface area is 257 Å². The number of aromatic nitrogens is 7. The van der Waals surface area contributed by atoms with Gasteiger partial charge in [-0.05, 0) is 60.7 Å². The normalized spacial score (nSPS) is 11.1. The minimum Gasteiger partial charge on any atom is -0.416 e. The molecule has 3 aromatic heterocycles. The lowest BCUT2D eigenvalue weighted by atomic mass is 10.1. The lowest BCUT2D eigenvalue weighted by Crippen LogP contribution is -2.00. The maximum Gasteiger partial charge on any atom is 0.248 e. The Hall–Kier alpha value is -6.48. The van der Waals surface area contributed by atoms with Gasteiger partial charge in [0.05, 0.1) is 0 Å². The highest BCUT2D eigenvalue weighted by Gasteiger charge is 2.19. The highest BCUT2D eigenvalue weighted by atomic mass is 16.4.